The predicted molar refractivity (Wildman–Crippen MR) is 89.8 cm³/mol. The summed E-state index contributed by atoms with van der Waals surface area (Å²) in [5, 5.41) is 0. The van der Waals surface area contributed by atoms with Crippen molar-refractivity contribution >= 4 is 5.78 Å². The molecule has 24 heavy (non-hydrogen) atoms. The number of hydrogen-bond donors (Lipinski definition) is 1. The first-order valence-corrected chi connectivity index (χ1v) is 7.91. The molecule has 1 aliphatic rings. The van der Waals surface area contributed by atoms with Crippen LogP contribution in [0.4, 0.5) is 0 Å². The Morgan fingerprint density at radius 2 is 2.00 bits per heavy atom. The van der Waals surface area contributed by atoms with Gasteiger partial charge in [0.1, 0.15) is 12.4 Å². The predicted octanol–water partition coefficient (Wildman–Crippen LogP) is 3.08. The number of fused-ring (bicyclic) bond motifs is 1. The molecular weight excluding hydrogens is 302 g/mol. The van der Waals surface area contributed by atoms with Crippen molar-refractivity contribution in [3.63, 3.8) is 0 Å². The molecule has 0 saturated heterocycles. The van der Waals surface area contributed by atoms with Crippen LogP contribution in [-0.2, 0) is 17.8 Å². The molecule has 120 valence electrons. The van der Waals surface area contributed by atoms with Gasteiger partial charge in [0.05, 0.1) is 23.7 Å². The van der Waals surface area contributed by atoms with Gasteiger partial charge in [-0.3, -0.25) is 4.79 Å². The zero-order valence-electron chi connectivity index (χ0n) is 13.4. The van der Waals surface area contributed by atoms with Crippen molar-refractivity contribution in [1.82, 2.24) is 15.0 Å². The lowest BCUT2D eigenvalue weighted by Gasteiger charge is -2.13. The lowest BCUT2D eigenvalue weighted by Crippen LogP contribution is -2.18. The number of aromatic amines is 1. The number of ether oxygens (including phenoxy) is 1. The van der Waals surface area contributed by atoms with Crippen LogP contribution in [0, 0.1) is 6.92 Å². The maximum absolute atomic E-state index is 12.4. The second-order valence-electron chi connectivity index (χ2n) is 5.90. The van der Waals surface area contributed by atoms with Crippen LogP contribution in [0.2, 0.25) is 0 Å². The number of Topliss-reactive ketones (excluding diaryl/α,β-unsaturated/α-hetero) is 1. The number of carbonyl (C=O) groups is 1. The van der Waals surface area contributed by atoms with Crippen LogP contribution in [0.5, 0.6) is 0 Å². The molecule has 0 bridgehead atoms. The molecule has 1 aliphatic heterocycles. The Bertz CT molecular complexity index is 900. The number of benzene rings is 1. The number of aromatic nitrogens is 3. The van der Waals surface area contributed by atoms with E-state index in [1.807, 2.05) is 31.2 Å². The van der Waals surface area contributed by atoms with Gasteiger partial charge >= 0.3 is 0 Å². The number of nitrogens with zero attached hydrogens (tertiary/aromatic N) is 2. The fourth-order valence-corrected chi connectivity index (χ4v) is 3.15. The quantitative estimate of drug-likeness (QED) is 0.805. The summed E-state index contributed by atoms with van der Waals surface area (Å²) in [4.78, 5) is 24.5. The van der Waals surface area contributed by atoms with E-state index in [4.69, 9.17) is 4.74 Å². The van der Waals surface area contributed by atoms with Crippen molar-refractivity contribution in [3.8, 4) is 11.4 Å². The van der Waals surface area contributed by atoms with Gasteiger partial charge in [-0.25, -0.2) is 9.97 Å². The first kappa shape index (κ1) is 14.8. The largest absolute Gasteiger partial charge is 0.367 e. The van der Waals surface area contributed by atoms with Gasteiger partial charge in [0.2, 0.25) is 0 Å². The minimum absolute atomic E-state index is 0.0236. The van der Waals surface area contributed by atoms with Crippen molar-refractivity contribution in [3.05, 3.63) is 70.8 Å². The lowest BCUT2D eigenvalue weighted by molar-refractivity contribution is 0.0658. The highest BCUT2D eigenvalue weighted by Gasteiger charge is 2.27. The van der Waals surface area contributed by atoms with Crippen LogP contribution in [-0.4, -0.2) is 27.3 Å². The highest BCUT2D eigenvalue weighted by atomic mass is 16.5. The summed E-state index contributed by atoms with van der Waals surface area (Å²) in [5.74, 6) is 0.726. The monoisotopic (exact) mass is 319 g/mol. The summed E-state index contributed by atoms with van der Waals surface area (Å²) in [5.41, 5.74) is 5.43. The van der Waals surface area contributed by atoms with Crippen molar-refractivity contribution in [2.24, 2.45) is 0 Å². The summed E-state index contributed by atoms with van der Waals surface area (Å²) in [6.45, 7) is 2.42. The molecule has 0 amide bonds. The van der Waals surface area contributed by atoms with Crippen LogP contribution >= 0.6 is 0 Å². The van der Waals surface area contributed by atoms with Gasteiger partial charge < -0.3 is 9.72 Å². The Balaban J connectivity index is 1.88. The first-order chi connectivity index (χ1) is 11.7. The van der Waals surface area contributed by atoms with Gasteiger partial charge in [0.25, 0.3) is 0 Å². The van der Waals surface area contributed by atoms with Gasteiger partial charge in [-0.1, -0.05) is 30.3 Å². The smallest absolute Gasteiger partial charge is 0.190 e. The third-order valence-electron chi connectivity index (χ3n) is 4.20. The molecule has 5 heteroatoms. The Morgan fingerprint density at radius 1 is 1.17 bits per heavy atom. The van der Waals surface area contributed by atoms with Crippen molar-refractivity contribution < 1.29 is 9.53 Å². The van der Waals surface area contributed by atoms with Crippen LogP contribution in [0.1, 0.15) is 33.0 Å². The minimum Gasteiger partial charge on any atom is -0.367 e. The second kappa shape index (κ2) is 6.02. The molecule has 0 spiro atoms. The molecule has 0 fully saturated rings. The SMILES string of the molecule is Cc1nccc(-c2[nH]c3c(c2Cc2ccccc2)C(=O)COC3)n1. The number of aryl methyl sites for hydroxylation is 1. The molecule has 0 saturated carbocycles. The Morgan fingerprint density at radius 3 is 2.79 bits per heavy atom. The van der Waals surface area contributed by atoms with Crippen molar-refractivity contribution in [2.75, 3.05) is 6.61 Å². The fourth-order valence-electron chi connectivity index (χ4n) is 3.15. The van der Waals surface area contributed by atoms with E-state index >= 15 is 0 Å². The summed E-state index contributed by atoms with van der Waals surface area (Å²) in [6, 6.07) is 12.0. The van der Waals surface area contributed by atoms with Crippen molar-refractivity contribution in [2.45, 2.75) is 20.0 Å². The highest BCUT2D eigenvalue weighted by Crippen LogP contribution is 2.32. The standard InChI is InChI=1S/C19H17N3O2/c1-12-20-8-7-15(21-12)19-14(9-13-5-3-2-4-6-13)18-16(22-19)10-24-11-17(18)23/h2-8,22H,9-11H2,1H3. The molecule has 4 rings (SSSR count). The van der Waals surface area contributed by atoms with Crippen LogP contribution < -0.4 is 0 Å². The number of ketones is 1. The molecule has 1 N–H and O–H groups in total. The zero-order valence-corrected chi connectivity index (χ0v) is 13.4. The summed E-state index contributed by atoms with van der Waals surface area (Å²) in [7, 11) is 0. The molecule has 2 aromatic heterocycles. The van der Waals surface area contributed by atoms with Crippen LogP contribution in [0.15, 0.2) is 42.6 Å². The van der Waals surface area contributed by atoms with Crippen LogP contribution in [0.25, 0.3) is 11.4 Å². The Kier molecular flexibility index (Phi) is 3.70. The maximum atomic E-state index is 12.4. The number of carbonyl (C=O) groups excluding carboxylic acids is 1. The van der Waals surface area contributed by atoms with E-state index in [2.05, 4.69) is 27.1 Å². The molecule has 1 aromatic carbocycles. The van der Waals surface area contributed by atoms with E-state index in [1.54, 1.807) is 6.20 Å². The van der Waals surface area contributed by atoms with Crippen molar-refractivity contribution in [1.29, 1.82) is 0 Å². The van der Waals surface area contributed by atoms with Gasteiger partial charge in [0, 0.05) is 18.2 Å². The molecular formula is C19H17N3O2. The summed E-state index contributed by atoms with van der Waals surface area (Å²) >= 11 is 0. The molecule has 0 aliphatic carbocycles. The van der Waals surface area contributed by atoms with Crippen LogP contribution in [0.3, 0.4) is 0 Å². The number of hydrogen-bond acceptors (Lipinski definition) is 4. The zero-order chi connectivity index (χ0) is 16.5. The third kappa shape index (κ3) is 2.63. The molecule has 3 aromatic rings. The second-order valence-corrected chi connectivity index (χ2v) is 5.90. The van der Waals surface area contributed by atoms with E-state index in [9.17, 15) is 4.79 Å². The van der Waals surface area contributed by atoms with E-state index in [0.29, 0.717) is 18.9 Å². The van der Waals surface area contributed by atoms with Gasteiger partial charge in [-0.15, -0.1) is 0 Å². The van der Waals surface area contributed by atoms with Gasteiger partial charge in [-0.2, -0.15) is 0 Å². The van der Waals surface area contributed by atoms with Gasteiger partial charge in [0.15, 0.2) is 5.78 Å². The summed E-state index contributed by atoms with van der Waals surface area (Å²) < 4.78 is 5.37. The molecule has 0 radical (unpaired) electrons. The first-order valence-electron chi connectivity index (χ1n) is 7.91. The van der Waals surface area contributed by atoms with E-state index in [-0.39, 0.29) is 12.4 Å². The number of H-pyrrole nitrogens is 1. The molecule has 3 heterocycles. The third-order valence-corrected chi connectivity index (χ3v) is 4.20. The molecule has 0 unspecified atom stereocenters. The average Bonchev–Trinajstić information content (AvgIpc) is 2.96. The molecule has 5 nitrogen and oxygen atoms in total. The highest BCUT2D eigenvalue weighted by molar-refractivity contribution is 6.02. The van der Waals surface area contributed by atoms with E-state index in [0.717, 1.165) is 33.8 Å². The summed E-state index contributed by atoms with van der Waals surface area (Å²) in [6.07, 6.45) is 2.42. The van der Waals surface area contributed by atoms with E-state index < -0.39 is 0 Å². The maximum Gasteiger partial charge on any atom is 0.190 e. The topological polar surface area (TPSA) is 67.9 Å². The number of nitrogens with one attached hydrogen (secondary N) is 1. The normalized spacial score (nSPS) is 13.8. The fraction of sp³-hybridized carbons (Fsp3) is 0.211. The van der Waals surface area contributed by atoms with Gasteiger partial charge in [-0.05, 0) is 24.1 Å². The van der Waals surface area contributed by atoms with E-state index in [1.165, 1.54) is 0 Å². The minimum atomic E-state index is 0.0236. The Labute approximate surface area is 139 Å². The number of rotatable bonds is 3. The molecule has 0 atom stereocenters. The lowest BCUT2D eigenvalue weighted by atomic mass is 9.96. The average molecular weight is 319 g/mol. The Hall–Kier alpha value is -2.79.